The third kappa shape index (κ3) is 5.95. The zero-order valence-corrected chi connectivity index (χ0v) is 18.0. The first-order valence-corrected chi connectivity index (χ1v) is 11.3. The molecule has 1 atom stereocenters. The van der Waals surface area contributed by atoms with Gasteiger partial charge in [0.25, 0.3) is 0 Å². The molecule has 8 heteroatoms. The standard InChI is InChI=1S/C22H27N2O5P/c1-19(2)22(25)27-17-18-28-30(26,29-21-11-7-4-8-12-21)24-15-13-23(14-16-24)20-9-5-3-6-10-20/h3-12H,1,13-18H2,2H3. The molecule has 1 aliphatic rings. The summed E-state index contributed by atoms with van der Waals surface area (Å²) in [5.41, 5.74) is 1.43. The largest absolute Gasteiger partial charge is 0.461 e. The Balaban J connectivity index is 1.64. The lowest BCUT2D eigenvalue weighted by atomic mass is 10.2. The number of esters is 1. The lowest BCUT2D eigenvalue weighted by Gasteiger charge is -2.38. The van der Waals surface area contributed by atoms with Crippen LogP contribution in [-0.2, 0) is 18.6 Å². The van der Waals surface area contributed by atoms with Crippen LogP contribution in [0.15, 0.2) is 72.8 Å². The molecule has 3 rings (SSSR count). The van der Waals surface area contributed by atoms with Crippen molar-refractivity contribution in [1.29, 1.82) is 0 Å². The quantitative estimate of drug-likeness (QED) is 0.256. The number of benzene rings is 2. The number of carbonyl (C=O) groups is 1. The maximum absolute atomic E-state index is 13.7. The highest BCUT2D eigenvalue weighted by Gasteiger charge is 2.37. The normalized spacial score (nSPS) is 16.5. The number of nitrogens with zero attached hydrogens (tertiary/aromatic N) is 2. The number of anilines is 1. The van der Waals surface area contributed by atoms with Gasteiger partial charge in [-0.25, -0.2) is 9.36 Å². The van der Waals surface area contributed by atoms with Crippen molar-refractivity contribution in [3.63, 3.8) is 0 Å². The average Bonchev–Trinajstić information content (AvgIpc) is 2.78. The Hall–Kier alpha value is -2.60. The van der Waals surface area contributed by atoms with Crippen molar-refractivity contribution in [3.8, 4) is 5.75 Å². The van der Waals surface area contributed by atoms with E-state index in [0.29, 0.717) is 37.5 Å². The molecule has 0 bridgehead atoms. The first kappa shape index (κ1) is 22.1. The van der Waals surface area contributed by atoms with Crippen molar-refractivity contribution >= 4 is 19.4 Å². The molecule has 0 aliphatic carbocycles. The van der Waals surface area contributed by atoms with Gasteiger partial charge in [-0.05, 0) is 31.2 Å². The van der Waals surface area contributed by atoms with E-state index in [1.807, 2.05) is 36.4 Å². The fourth-order valence-corrected chi connectivity index (χ4v) is 4.72. The molecular formula is C22H27N2O5P. The van der Waals surface area contributed by atoms with Crippen LogP contribution in [0.1, 0.15) is 6.92 Å². The van der Waals surface area contributed by atoms with Crippen LogP contribution in [0.4, 0.5) is 5.69 Å². The van der Waals surface area contributed by atoms with Gasteiger partial charge in [-0.2, -0.15) is 4.67 Å². The van der Waals surface area contributed by atoms with Crippen molar-refractivity contribution in [1.82, 2.24) is 4.67 Å². The summed E-state index contributed by atoms with van der Waals surface area (Å²) in [6, 6.07) is 19.0. The van der Waals surface area contributed by atoms with Crippen LogP contribution in [0.5, 0.6) is 5.75 Å². The molecule has 2 aromatic carbocycles. The molecular weight excluding hydrogens is 403 g/mol. The Morgan fingerprint density at radius 3 is 2.17 bits per heavy atom. The van der Waals surface area contributed by atoms with E-state index >= 15 is 0 Å². The predicted molar refractivity (Wildman–Crippen MR) is 117 cm³/mol. The maximum atomic E-state index is 13.7. The van der Waals surface area contributed by atoms with Gasteiger partial charge in [0.1, 0.15) is 12.4 Å². The molecule has 1 fully saturated rings. The summed E-state index contributed by atoms with van der Waals surface area (Å²) in [5, 5.41) is 0. The monoisotopic (exact) mass is 430 g/mol. The van der Waals surface area contributed by atoms with Crippen LogP contribution >= 0.6 is 7.75 Å². The summed E-state index contributed by atoms with van der Waals surface area (Å²) in [6.07, 6.45) is 0. The van der Waals surface area contributed by atoms with Crippen molar-refractivity contribution < 1.29 is 23.1 Å². The smallest absolute Gasteiger partial charge is 0.460 e. The number of hydrogen-bond donors (Lipinski definition) is 0. The number of carbonyl (C=O) groups excluding carboxylic acids is 1. The van der Waals surface area contributed by atoms with Crippen molar-refractivity contribution in [2.45, 2.75) is 6.92 Å². The average molecular weight is 430 g/mol. The number of piperazine rings is 1. The summed E-state index contributed by atoms with van der Waals surface area (Å²) in [7, 11) is -3.63. The van der Waals surface area contributed by atoms with Gasteiger partial charge in [-0.1, -0.05) is 43.0 Å². The Labute approximate surface area is 177 Å². The highest BCUT2D eigenvalue weighted by Crippen LogP contribution is 2.52. The van der Waals surface area contributed by atoms with Crippen LogP contribution in [-0.4, -0.2) is 50.0 Å². The first-order chi connectivity index (χ1) is 14.5. The number of hydrogen-bond acceptors (Lipinski definition) is 6. The van der Waals surface area contributed by atoms with Gasteiger partial charge in [0, 0.05) is 37.4 Å². The van der Waals surface area contributed by atoms with Crippen molar-refractivity contribution in [3.05, 3.63) is 72.8 Å². The van der Waals surface area contributed by atoms with Gasteiger partial charge in [-0.3, -0.25) is 4.52 Å². The van der Waals surface area contributed by atoms with Crippen molar-refractivity contribution in [2.75, 3.05) is 44.3 Å². The zero-order valence-electron chi connectivity index (χ0n) is 17.1. The third-order valence-electron chi connectivity index (χ3n) is 4.61. The lowest BCUT2D eigenvalue weighted by Crippen LogP contribution is -2.45. The molecule has 2 aromatic rings. The zero-order chi connectivity index (χ0) is 21.4. The summed E-state index contributed by atoms with van der Waals surface area (Å²) >= 11 is 0. The molecule has 1 heterocycles. The Kier molecular flexibility index (Phi) is 7.69. The molecule has 0 radical (unpaired) electrons. The summed E-state index contributed by atoms with van der Waals surface area (Å²) in [5.74, 6) is -0.0425. The molecule has 0 spiro atoms. The van der Waals surface area contributed by atoms with Gasteiger partial charge in [0.15, 0.2) is 0 Å². The second-order valence-electron chi connectivity index (χ2n) is 6.90. The summed E-state index contributed by atoms with van der Waals surface area (Å²) in [6.45, 7) is 7.46. The molecule has 0 N–H and O–H groups in total. The minimum atomic E-state index is -3.63. The predicted octanol–water partition coefficient (Wildman–Crippen LogP) is 4.13. The molecule has 0 amide bonds. The van der Waals surface area contributed by atoms with E-state index in [1.165, 1.54) is 0 Å². The Morgan fingerprint density at radius 2 is 1.57 bits per heavy atom. The van der Waals surface area contributed by atoms with Crippen molar-refractivity contribution in [2.24, 2.45) is 0 Å². The van der Waals surface area contributed by atoms with Gasteiger partial charge in [0.05, 0.1) is 6.61 Å². The van der Waals surface area contributed by atoms with E-state index in [0.717, 1.165) is 5.69 Å². The van der Waals surface area contributed by atoms with Crippen LogP contribution in [0.25, 0.3) is 0 Å². The minimum Gasteiger partial charge on any atom is -0.460 e. The lowest BCUT2D eigenvalue weighted by molar-refractivity contribution is -0.139. The van der Waals surface area contributed by atoms with Crippen LogP contribution < -0.4 is 9.42 Å². The van der Waals surface area contributed by atoms with Crippen LogP contribution in [0, 0.1) is 0 Å². The van der Waals surface area contributed by atoms with Crippen LogP contribution in [0.2, 0.25) is 0 Å². The van der Waals surface area contributed by atoms with E-state index in [9.17, 15) is 9.36 Å². The second-order valence-corrected chi connectivity index (χ2v) is 8.84. The van der Waals surface area contributed by atoms with Gasteiger partial charge in [0.2, 0.25) is 0 Å². The highest BCUT2D eigenvalue weighted by atomic mass is 31.2. The molecule has 0 saturated carbocycles. The molecule has 1 unspecified atom stereocenters. The SMILES string of the molecule is C=C(C)C(=O)OCCOP(=O)(Oc1ccccc1)N1CCN(c2ccccc2)CC1. The van der Waals surface area contributed by atoms with E-state index < -0.39 is 13.7 Å². The van der Waals surface area contributed by atoms with Crippen LogP contribution in [0.3, 0.4) is 0 Å². The molecule has 1 saturated heterocycles. The van der Waals surface area contributed by atoms with E-state index in [1.54, 1.807) is 23.7 Å². The Bertz CT molecular complexity index is 883. The fourth-order valence-electron chi connectivity index (χ4n) is 3.03. The summed E-state index contributed by atoms with van der Waals surface area (Å²) < 4.78 is 31.9. The fraction of sp³-hybridized carbons (Fsp3) is 0.318. The van der Waals surface area contributed by atoms with E-state index in [4.69, 9.17) is 13.8 Å². The number of ether oxygens (including phenoxy) is 1. The molecule has 7 nitrogen and oxygen atoms in total. The van der Waals surface area contributed by atoms with Gasteiger partial charge < -0.3 is 14.2 Å². The highest BCUT2D eigenvalue weighted by molar-refractivity contribution is 7.51. The van der Waals surface area contributed by atoms with Gasteiger partial charge >= 0.3 is 13.7 Å². The number of rotatable bonds is 9. The topological polar surface area (TPSA) is 68.3 Å². The maximum Gasteiger partial charge on any atom is 0.461 e. The molecule has 160 valence electrons. The first-order valence-electron chi connectivity index (χ1n) is 9.85. The molecule has 30 heavy (non-hydrogen) atoms. The summed E-state index contributed by atoms with van der Waals surface area (Å²) in [4.78, 5) is 13.8. The third-order valence-corrected chi connectivity index (χ3v) is 6.65. The number of para-hydroxylation sites is 2. The molecule has 1 aliphatic heterocycles. The second kappa shape index (κ2) is 10.4. The minimum absolute atomic E-state index is 0.0299. The van der Waals surface area contributed by atoms with E-state index in [-0.39, 0.29) is 13.2 Å². The van der Waals surface area contributed by atoms with E-state index in [2.05, 4.69) is 23.6 Å². The Morgan fingerprint density at radius 1 is 0.967 bits per heavy atom. The van der Waals surface area contributed by atoms with Gasteiger partial charge in [-0.15, -0.1) is 0 Å². The molecule has 0 aromatic heterocycles.